The molecule has 0 radical (unpaired) electrons. The third kappa shape index (κ3) is 1.63. The van der Waals surface area contributed by atoms with Gasteiger partial charge >= 0.3 is 0 Å². The van der Waals surface area contributed by atoms with Gasteiger partial charge in [-0.3, -0.25) is 4.79 Å². The molecule has 1 saturated carbocycles. The summed E-state index contributed by atoms with van der Waals surface area (Å²) < 4.78 is 0. The van der Waals surface area contributed by atoms with Crippen LogP contribution in [0.25, 0.3) is 0 Å². The zero-order chi connectivity index (χ0) is 10.1. The molecule has 1 fully saturated rings. The van der Waals surface area contributed by atoms with Gasteiger partial charge in [0.2, 0.25) is 0 Å². The molecule has 0 aromatic rings. The summed E-state index contributed by atoms with van der Waals surface area (Å²) in [7, 11) is 0. The van der Waals surface area contributed by atoms with Crippen molar-refractivity contribution >= 4 is 5.78 Å². The third-order valence-electron chi connectivity index (χ3n) is 3.31. The van der Waals surface area contributed by atoms with Crippen LogP contribution in [0.15, 0.2) is 0 Å². The molecule has 1 aliphatic rings. The summed E-state index contributed by atoms with van der Waals surface area (Å²) in [5, 5.41) is 18.9. The van der Waals surface area contributed by atoms with Gasteiger partial charge in [0.15, 0.2) is 5.78 Å². The van der Waals surface area contributed by atoms with Crippen molar-refractivity contribution in [3.63, 3.8) is 0 Å². The van der Waals surface area contributed by atoms with E-state index >= 15 is 0 Å². The van der Waals surface area contributed by atoms with Crippen LogP contribution in [-0.2, 0) is 4.79 Å². The van der Waals surface area contributed by atoms with E-state index in [-0.39, 0.29) is 0 Å². The van der Waals surface area contributed by atoms with E-state index in [1.165, 1.54) is 0 Å². The van der Waals surface area contributed by atoms with E-state index in [4.69, 9.17) is 5.11 Å². The molecular weight excluding hydrogens is 168 g/mol. The number of carbonyl (C=O) groups is 1. The highest BCUT2D eigenvalue weighted by Crippen LogP contribution is 2.44. The van der Waals surface area contributed by atoms with Crippen LogP contribution in [0.2, 0.25) is 0 Å². The standard InChI is InChI=1S/C10H18O3/c1-9(2)5-3-4-6-10(9,13)8(12)7-11/h11,13H,3-7H2,1-2H3. The fourth-order valence-corrected chi connectivity index (χ4v) is 2.14. The molecule has 0 heterocycles. The van der Waals surface area contributed by atoms with Gasteiger partial charge in [-0.15, -0.1) is 0 Å². The summed E-state index contributed by atoms with van der Waals surface area (Å²) in [6, 6.07) is 0. The molecule has 0 aromatic carbocycles. The number of rotatable bonds is 2. The molecule has 3 nitrogen and oxygen atoms in total. The molecule has 1 unspecified atom stereocenters. The maximum atomic E-state index is 11.4. The zero-order valence-corrected chi connectivity index (χ0v) is 8.34. The second kappa shape index (κ2) is 3.39. The van der Waals surface area contributed by atoms with E-state index in [1.807, 2.05) is 13.8 Å². The van der Waals surface area contributed by atoms with Crippen molar-refractivity contribution in [1.29, 1.82) is 0 Å². The summed E-state index contributed by atoms with van der Waals surface area (Å²) in [6.07, 6.45) is 3.24. The van der Waals surface area contributed by atoms with Crippen LogP contribution in [0.4, 0.5) is 0 Å². The minimum Gasteiger partial charge on any atom is -0.388 e. The number of hydrogen-bond acceptors (Lipinski definition) is 3. The Morgan fingerprint density at radius 1 is 1.31 bits per heavy atom. The highest BCUT2D eigenvalue weighted by molar-refractivity contribution is 5.89. The number of hydrogen-bond donors (Lipinski definition) is 2. The molecule has 0 amide bonds. The first kappa shape index (κ1) is 10.7. The minimum absolute atomic E-state index is 0.398. The second-order valence-electron chi connectivity index (χ2n) is 4.53. The van der Waals surface area contributed by atoms with E-state index in [0.717, 1.165) is 19.3 Å². The van der Waals surface area contributed by atoms with Gasteiger partial charge in [-0.25, -0.2) is 0 Å². The van der Waals surface area contributed by atoms with Crippen LogP contribution in [-0.4, -0.2) is 28.2 Å². The lowest BCUT2D eigenvalue weighted by molar-refractivity contribution is -0.160. The van der Waals surface area contributed by atoms with Crippen molar-refractivity contribution < 1.29 is 15.0 Å². The van der Waals surface area contributed by atoms with Crippen LogP contribution in [0.3, 0.4) is 0 Å². The van der Waals surface area contributed by atoms with Crippen molar-refractivity contribution in [1.82, 2.24) is 0 Å². The summed E-state index contributed by atoms with van der Waals surface area (Å²) in [4.78, 5) is 11.4. The third-order valence-corrected chi connectivity index (χ3v) is 3.31. The molecule has 0 aromatic heterocycles. The fourth-order valence-electron chi connectivity index (χ4n) is 2.14. The Bertz CT molecular complexity index is 210. The van der Waals surface area contributed by atoms with Gasteiger partial charge in [0.1, 0.15) is 12.2 Å². The Morgan fingerprint density at radius 3 is 2.31 bits per heavy atom. The number of aliphatic hydroxyl groups excluding tert-OH is 1. The van der Waals surface area contributed by atoms with Crippen molar-refractivity contribution in [3.05, 3.63) is 0 Å². The number of carbonyl (C=O) groups excluding carboxylic acids is 1. The van der Waals surface area contributed by atoms with Crippen LogP contribution >= 0.6 is 0 Å². The number of aliphatic hydroxyl groups is 2. The Morgan fingerprint density at radius 2 is 1.85 bits per heavy atom. The second-order valence-corrected chi connectivity index (χ2v) is 4.53. The number of Topliss-reactive ketones (excluding diaryl/α,β-unsaturated/α-hetero) is 1. The van der Waals surface area contributed by atoms with Crippen molar-refractivity contribution in [2.24, 2.45) is 5.41 Å². The van der Waals surface area contributed by atoms with Crippen LogP contribution in [0, 0.1) is 5.41 Å². The maximum Gasteiger partial charge on any atom is 0.190 e. The molecule has 2 N–H and O–H groups in total. The highest BCUT2D eigenvalue weighted by atomic mass is 16.3. The quantitative estimate of drug-likeness (QED) is 0.673. The Hall–Kier alpha value is -0.410. The maximum absolute atomic E-state index is 11.4. The summed E-state index contributed by atoms with van der Waals surface area (Å²) in [5.41, 5.74) is -1.70. The first-order valence-corrected chi connectivity index (χ1v) is 4.80. The average molecular weight is 186 g/mol. The van der Waals surface area contributed by atoms with E-state index in [1.54, 1.807) is 0 Å². The molecule has 1 rings (SSSR count). The minimum atomic E-state index is -1.31. The normalized spacial score (nSPS) is 32.9. The monoisotopic (exact) mass is 186 g/mol. The van der Waals surface area contributed by atoms with Crippen LogP contribution < -0.4 is 0 Å². The van der Waals surface area contributed by atoms with Gasteiger partial charge in [0.25, 0.3) is 0 Å². The molecule has 3 heteroatoms. The van der Waals surface area contributed by atoms with Gasteiger partial charge in [0.05, 0.1) is 0 Å². The van der Waals surface area contributed by atoms with Crippen LogP contribution in [0.1, 0.15) is 39.5 Å². The lowest BCUT2D eigenvalue weighted by atomic mass is 9.63. The molecule has 1 aliphatic carbocycles. The lowest BCUT2D eigenvalue weighted by Gasteiger charge is -2.44. The summed E-state index contributed by atoms with van der Waals surface area (Å²) in [6.45, 7) is 3.22. The molecule has 0 spiro atoms. The topological polar surface area (TPSA) is 57.5 Å². The van der Waals surface area contributed by atoms with Gasteiger partial charge in [-0.05, 0) is 12.8 Å². The van der Waals surface area contributed by atoms with Gasteiger partial charge in [0, 0.05) is 5.41 Å². The molecule has 13 heavy (non-hydrogen) atoms. The summed E-state index contributed by atoms with van der Waals surface area (Å²) >= 11 is 0. The van der Waals surface area contributed by atoms with E-state index in [2.05, 4.69) is 0 Å². The largest absolute Gasteiger partial charge is 0.388 e. The molecular formula is C10H18O3. The number of ketones is 1. The Balaban J connectivity index is 2.90. The van der Waals surface area contributed by atoms with E-state index in [0.29, 0.717) is 6.42 Å². The average Bonchev–Trinajstić information content (AvgIpc) is 2.08. The molecule has 76 valence electrons. The molecule has 0 bridgehead atoms. The first-order chi connectivity index (χ1) is 5.94. The summed E-state index contributed by atoms with van der Waals surface area (Å²) in [5.74, 6) is -0.433. The first-order valence-electron chi connectivity index (χ1n) is 4.80. The Labute approximate surface area is 78.8 Å². The van der Waals surface area contributed by atoms with Crippen molar-refractivity contribution in [2.75, 3.05) is 6.61 Å². The SMILES string of the molecule is CC1(C)CCCCC1(O)C(=O)CO. The molecule has 0 saturated heterocycles. The fraction of sp³-hybridized carbons (Fsp3) is 0.900. The predicted octanol–water partition coefficient (Wildman–Crippen LogP) is 0.879. The smallest absolute Gasteiger partial charge is 0.190 e. The van der Waals surface area contributed by atoms with Gasteiger partial charge in [-0.1, -0.05) is 26.7 Å². The van der Waals surface area contributed by atoms with Gasteiger partial charge in [-0.2, -0.15) is 0 Å². The Kier molecular flexibility index (Phi) is 2.78. The molecule has 1 atom stereocenters. The van der Waals surface area contributed by atoms with Crippen molar-refractivity contribution in [2.45, 2.75) is 45.1 Å². The van der Waals surface area contributed by atoms with E-state index in [9.17, 15) is 9.90 Å². The predicted molar refractivity (Wildman–Crippen MR) is 49.3 cm³/mol. The lowest BCUT2D eigenvalue weighted by Crippen LogP contribution is -2.54. The zero-order valence-electron chi connectivity index (χ0n) is 8.34. The molecule has 0 aliphatic heterocycles. The van der Waals surface area contributed by atoms with E-state index < -0.39 is 23.4 Å². The van der Waals surface area contributed by atoms with Gasteiger partial charge < -0.3 is 10.2 Å². The van der Waals surface area contributed by atoms with Crippen molar-refractivity contribution in [3.8, 4) is 0 Å². The van der Waals surface area contributed by atoms with Crippen LogP contribution in [0.5, 0.6) is 0 Å². The highest BCUT2D eigenvalue weighted by Gasteiger charge is 2.49.